The molecule has 0 bridgehead atoms. The number of nitrogens with two attached hydrogens (primary N) is 1. The second-order valence-electron chi connectivity index (χ2n) is 5.32. The lowest BCUT2D eigenvalue weighted by Gasteiger charge is -2.35. The Morgan fingerprint density at radius 1 is 1.38 bits per heavy atom. The Morgan fingerprint density at radius 3 is 2.81 bits per heavy atom. The smallest absolute Gasteiger partial charge is 0.303 e. The number of aliphatic carboxylic acids is 1. The molecule has 2 rings (SSSR count). The van der Waals surface area contributed by atoms with E-state index in [0.29, 0.717) is 29.2 Å². The van der Waals surface area contributed by atoms with Crippen molar-refractivity contribution in [2.75, 3.05) is 12.3 Å². The predicted octanol–water partition coefficient (Wildman–Crippen LogP) is 2.78. The largest absolute Gasteiger partial charge is 0.481 e. The lowest BCUT2D eigenvalue weighted by atomic mass is 9.97. The Hall–Kier alpha value is -1.75. The van der Waals surface area contributed by atoms with Crippen molar-refractivity contribution < 1.29 is 14.7 Å². The summed E-state index contributed by atoms with van der Waals surface area (Å²) in [7, 11) is 0. The van der Waals surface area contributed by atoms with Crippen LogP contribution < -0.4 is 5.73 Å². The van der Waals surface area contributed by atoms with Crippen molar-refractivity contribution in [2.24, 2.45) is 0 Å². The van der Waals surface area contributed by atoms with Gasteiger partial charge in [0.05, 0.1) is 10.7 Å². The fourth-order valence-corrected chi connectivity index (χ4v) is 2.86. The van der Waals surface area contributed by atoms with Crippen molar-refractivity contribution in [1.29, 1.82) is 0 Å². The minimum Gasteiger partial charge on any atom is -0.481 e. The van der Waals surface area contributed by atoms with E-state index in [1.54, 1.807) is 23.1 Å². The first kappa shape index (κ1) is 15.6. The van der Waals surface area contributed by atoms with Gasteiger partial charge in [0.2, 0.25) is 0 Å². The fourth-order valence-electron chi connectivity index (χ4n) is 2.68. The minimum atomic E-state index is -0.830. The van der Waals surface area contributed by atoms with E-state index in [4.69, 9.17) is 22.4 Å². The maximum absolute atomic E-state index is 12.6. The maximum atomic E-state index is 12.6. The number of carboxylic acids is 1. The molecule has 21 heavy (non-hydrogen) atoms. The number of carbonyl (C=O) groups is 2. The van der Waals surface area contributed by atoms with Gasteiger partial charge in [-0.3, -0.25) is 9.59 Å². The van der Waals surface area contributed by atoms with Crippen molar-refractivity contribution in [3.63, 3.8) is 0 Å². The number of nitrogen functional groups attached to an aromatic ring is 1. The molecular weight excluding hydrogens is 292 g/mol. The Bertz CT molecular complexity index is 548. The topological polar surface area (TPSA) is 83.6 Å². The Labute approximate surface area is 128 Å². The van der Waals surface area contributed by atoms with E-state index in [1.807, 2.05) is 0 Å². The first-order chi connectivity index (χ1) is 9.99. The molecule has 114 valence electrons. The van der Waals surface area contributed by atoms with Gasteiger partial charge in [0.15, 0.2) is 0 Å². The summed E-state index contributed by atoms with van der Waals surface area (Å²) in [6.07, 6.45) is 3.39. The van der Waals surface area contributed by atoms with E-state index in [-0.39, 0.29) is 18.4 Å². The summed E-state index contributed by atoms with van der Waals surface area (Å²) in [5.74, 6) is -0.935. The Balaban J connectivity index is 2.13. The first-order valence-corrected chi connectivity index (χ1v) is 7.44. The molecule has 3 N–H and O–H groups in total. The molecule has 5 nitrogen and oxygen atoms in total. The van der Waals surface area contributed by atoms with Gasteiger partial charge >= 0.3 is 5.97 Å². The number of carbonyl (C=O) groups excluding carboxylic acids is 1. The highest BCUT2D eigenvalue weighted by Crippen LogP contribution is 2.25. The molecule has 1 aromatic rings. The molecule has 1 fully saturated rings. The lowest BCUT2D eigenvalue weighted by molar-refractivity contribution is -0.137. The van der Waals surface area contributed by atoms with Gasteiger partial charge in [-0.15, -0.1) is 0 Å². The van der Waals surface area contributed by atoms with Crippen LogP contribution in [0.2, 0.25) is 5.02 Å². The number of likely N-dealkylation sites (tertiary alicyclic amines) is 1. The van der Waals surface area contributed by atoms with Crippen LogP contribution in [0.5, 0.6) is 0 Å². The number of nitrogens with zero attached hydrogens (tertiary/aromatic N) is 1. The van der Waals surface area contributed by atoms with Crippen LogP contribution in [-0.4, -0.2) is 34.5 Å². The van der Waals surface area contributed by atoms with E-state index in [1.165, 1.54) is 0 Å². The summed E-state index contributed by atoms with van der Waals surface area (Å²) in [4.78, 5) is 25.1. The number of amides is 1. The SMILES string of the molecule is Nc1ccc(C(=O)N2CCCCC2CCC(=O)O)cc1Cl. The van der Waals surface area contributed by atoms with Gasteiger partial charge in [0, 0.05) is 24.6 Å². The highest BCUT2D eigenvalue weighted by molar-refractivity contribution is 6.33. The van der Waals surface area contributed by atoms with Crippen molar-refractivity contribution in [3.8, 4) is 0 Å². The molecule has 0 spiro atoms. The third kappa shape index (κ3) is 3.88. The first-order valence-electron chi connectivity index (χ1n) is 7.07. The van der Waals surface area contributed by atoms with Crippen molar-refractivity contribution >= 4 is 29.2 Å². The second kappa shape index (κ2) is 6.80. The van der Waals surface area contributed by atoms with Crippen LogP contribution in [0.3, 0.4) is 0 Å². The molecule has 0 aromatic heterocycles. The third-order valence-electron chi connectivity index (χ3n) is 3.83. The number of anilines is 1. The van der Waals surface area contributed by atoms with Gasteiger partial charge in [0.1, 0.15) is 0 Å². The fraction of sp³-hybridized carbons (Fsp3) is 0.467. The molecule has 6 heteroatoms. The molecule has 1 unspecified atom stereocenters. The van der Waals surface area contributed by atoms with Gasteiger partial charge in [-0.1, -0.05) is 11.6 Å². The number of carboxylic acid groups (broad SMARTS) is 1. The van der Waals surface area contributed by atoms with Gasteiger partial charge in [-0.2, -0.15) is 0 Å². The molecule has 0 saturated carbocycles. The average molecular weight is 311 g/mol. The molecule has 1 aliphatic heterocycles. The summed E-state index contributed by atoms with van der Waals surface area (Å²) < 4.78 is 0. The second-order valence-corrected chi connectivity index (χ2v) is 5.72. The van der Waals surface area contributed by atoms with Gasteiger partial charge in [0.25, 0.3) is 5.91 Å². The van der Waals surface area contributed by atoms with Crippen LogP contribution in [-0.2, 0) is 4.79 Å². The molecule has 1 saturated heterocycles. The Kier molecular flexibility index (Phi) is 5.07. The summed E-state index contributed by atoms with van der Waals surface area (Å²) in [6.45, 7) is 0.658. The van der Waals surface area contributed by atoms with Crippen LogP contribution in [0.4, 0.5) is 5.69 Å². The molecular formula is C15H19ClN2O3. The van der Waals surface area contributed by atoms with Crippen molar-refractivity contribution in [2.45, 2.75) is 38.1 Å². The van der Waals surface area contributed by atoms with E-state index < -0.39 is 5.97 Å². The van der Waals surface area contributed by atoms with Crippen LogP contribution in [0.15, 0.2) is 18.2 Å². The minimum absolute atomic E-state index is 0.0151. The highest BCUT2D eigenvalue weighted by atomic mass is 35.5. The summed E-state index contributed by atoms with van der Waals surface area (Å²) in [5, 5.41) is 9.18. The molecule has 0 radical (unpaired) electrons. The molecule has 1 aliphatic rings. The normalized spacial score (nSPS) is 18.5. The zero-order valence-electron chi connectivity index (χ0n) is 11.7. The summed E-state index contributed by atoms with van der Waals surface area (Å²) in [5.41, 5.74) is 6.59. The number of benzene rings is 1. The van der Waals surface area contributed by atoms with Crippen molar-refractivity contribution in [3.05, 3.63) is 28.8 Å². The standard InChI is InChI=1S/C15H19ClN2O3/c16-12-9-10(4-6-13(12)17)15(21)18-8-2-1-3-11(18)5-7-14(19)20/h4,6,9,11H,1-3,5,7-8,17H2,(H,19,20). The number of hydrogen-bond acceptors (Lipinski definition) is 3. The van der Waals surface area contributed by atoms with Gasteiger partial charge in [-0.25, -0.2) is 0 Å². The van der Waals surface area contributed by atoms with Crippen LogP contribution >= 0.6 is 11.6 Å². The van der Waals surface area contributed by atoms with Crippen LogP contribution in [0, 0.1) is 0 Å². The van der Waals surface area contributed by atoms with Crippen molar-refractivity contribution in [1.82, 2.24) is 4.90 Å². The zero-order chi connectivity index (χ0) is 15.4. The number of piperidine rings is 1. The molecule has 1 amide bonds. The van der Waals surface area contributed by atoms with E-state index in [2.05, 4.69) is 0 Å². The average Bonchev–Trinajstić information content (AvgIpc) is 2.47. The van der Waals surface area contributed by atoms with E-state index in [9.17, 15) is 9.59 Å². The van der Waals surface area contributed by atoms with E-state index in [0.717, 1.165) is 19.3 Å². The molecule has 1 heterocycles. The van der Waals surface area contributed by atoms with Crippen LogP contribution in [0.25, 0.3) is 0 Å². The predicted molar refractivity (Wildman–Crippen MR) is 81.4 cm³/mol. The molecule has 1 aromatic carbocycles. The monoisotopic (exact) mass is 310 g/mol. The zero-order valence-corrected chi connectivity index (χ0v) is 12.5. The quantitative estimate of drug-likeness (QED) is 0.838. The summed E-state index contributed by atoms with van der Waals surface area (Å²) in [6, 6.07) is 4.83. The Morgan fingerprint density at radius 2 is 2.14 bits per heavy atom. The highest BCUT2D eigenvalue weighted by Gasteiger charge is 2.27. The molecule has 0 aliphatic carbocycles. The molecule has 1 atom stereocenters. The van der Waals surface area contributed by atoms with Gasteiger partial charge < -0.3 is 15.7 Å². The third-order valence-corrected chi connectivity index (χ3v) is 4.15. The summed E-state index contributed by atoms with van der Waals surface area (Å²) >= 11 is 5.96. The lowest BCUT2D eigenvalue weighted by Crippen LogP contribution is -2.44. The number of halogens is 1. The number of rotatable bonds is 4. The van der Waals surface area contributed by atoms with E-state index >= 15 is 0 Å². The number of hydrogen-bond donors (Lipinski definition) is 2. The van der Waals surface area contributed by atoms with Gasteiger partial charge in [-0.05, 0) is 43.9 Å². The van der Waals surface area contributed by atoms with Crippen LogP contribution in [0.1, 0.15) is 42.5 Å². The maximum Gasteiger partial charge on any atom is 0.303 e.